The lowest BCUT2D eigenvalue weighted by molar-refractivity contribution is -0.535. The normalized spacial score (nSPS) is 28.9. The van der Waals surface area contributed by atoms with Crippen molar-refractivity contribution < 1.29 is 30.5 Å². The Morgan fingerprint density at radius 1 is 1.14 bits per heavy atom. The lowest BCUT2D eigenvalue weighted by Crippen LogP contribution is -2.52. The molecule has 0 amide bonds. The molecule has 6 atom stereocenters. The van der Waals surface area contributed by atoms with E-state index in [0.717, 1.165) is 11.1 Å². The van der Waals surface area contributed by atoms with Crippen LogP contribution in [-0.2, 0) is 0 Å². The standard InChI is InChI=1S/C13H23NO7/c1-6-3-8(9(14(20)21)4-7(6)2)11(17)13(19)12(18)10(16)5-15/h8-13,15-19H,3-5H2,1-2H3/t8-,9+,10-,11-,12-,13-/m1/s1. The first-order chi connectivity index (χ1) is 9.70. The van der Waals surface area contributed by atoms with Gasteiger partial charge in [0.2, 0.25) is 6.04 Å². The van der Waals surface area contributed by atoms with Gasteiger partial charge in [0.15, 0.2) is 0 Å². The monoisotopic (exact) mass is 305 g/mol. The predicted molar refractivity (Wildman–Crippen MR) is 73.0 cm³/mol. The summed E-state index contributed by atoms with van der Waals surface area (Å²) in [4.78, 5) is 10.6. The van der Waals surface area contributed by atoms with E-state index in [0.29, 0.717) is 0 Å². The molecule has 0 saturated heterocycles. The molecule has 5 N–H and O–H groups in total. The molecule has 0 aromatic carbocycles. The van der Waals surface area contributed by atoms with E-state index in [-0.39, 0.29) is 12.8 Å². The number of aliphatic hydroxyl groups is 5. The molecule has 0 radical (unpaired) electrons. The summed E-state index contributed by atoms with van der Waals surface area (Å²) in [5, 5.41) is 58.8. The Morgan fingerprint density at radius 2 is 1.67 bits per heavy atom. The van der Waals surface area contributed by atoms with Gasteiger partial charge in [-0.05, 0) is 20.3 Å². The molecule has 0 spiro atoms. The van der Waals surface area contributed by atoms with Gasteiger partial charge in [0, 0.05) is 11.3 Å². The molecule has 8 nitrogen and oxygen atoms in total. The van der Waals surface area contributed by atoms with Gasteiger partial charge in [-0.2, -0.15) is 0 Å². The smallest absolute Gasteiger partial charge is 0.222 e. The summed E-state index contributed by atoms with van der Waals surface area (Å²) in [6.45, 7) is 2.80. The summed E-state index contributed by atoms with van der Waals surface area (Å²) >= 11 is 0. The largest absolute Gasteiger partial charge is 0.394 e. The quantitative estimate of drug-likeness (QED) is 0.236. The van der Waals surface area contributed by atoms with Crippen LogP contribution in [0.3, 0.4) is 0 Å². The molecular weight excluding hydrogens is 282 g/mol. The minimum atomic E-state index is -1.77. The average molecular weight is 305 g/mol. The lowest BCUT2D eigenvalue weighted by Gasteiger charge is -2.35. The van der Waals surface area contributed by atoms with Crippen molar-refractivity contribution in [2.24, 2.45) is 5.92 Å². The summed E-state index contributed by atoms with van der Waals surface area (Å²) < 4.78 is 0. The molecule has 0 bridgehead atoms. The summed E-state index contributed by atoms with van der Waals surface area (Å²) in [7, 11) is 0. The summed E-state index contributed by atoms with van der Waals surface area (Å²) in [6.07, 6.45) is -6.33. The minimum absolute atomic E-state index is 0.173. The van der Waals surface area contributed by atoms with E-state index >= 15 is 0 Å². The Morgan fingerprint density at radius 3 is 2.14 bits per heavy atom. The maximum absolute atomic E-state index is 11.1. The van der Waals surface area contributed by atoms with Crippen LogP contribution in [0.15, 0.2) is 11.1 Å². The summed E-state index contributed by atoms with van der Waals surface area (Å²) in [5.74, 6) is -0.862. The second-order valence-corrected chi connectivity index (χ2v) is 5.71. The Balaban J connectivity index is 2.92. The van der Waals surface area contributed by atoms with Crippen molar-refractivity contribution in [3.8, 4) is 0 Å². The highest BCUT2D eigenvalue weighted by atomic mass is 16.6. The van der Waals surface area contributed by atoms with Crippen LogP contribution in [0.5, 0.6) is 0 Å². The van der Waals surface area contributed by atoms with Gasteiger partial charge in [-0.25, -0.2) is 0 Å². The van der Waals surface area contributed by atoms with Gasteiger partial charge >= 0.3 is 0 Å². The molecule has 1 rings (SSSR count). The van der Waals surface area contributed by atoms with Gasteiger partial charge in [-0.1, -0.05) is 11.1 Å². The van der Waals surface area contributed by atoms with Crippen molar-refractivity contribution in [2.45, 2.75) is 57.1 Å². The van der Waals surface area contributed by atoms with Crippen molar-refractivity contribution in [3.63, 3.8) is 0 Å². The second-order valence-electron chi connectivity index (χ2n) is 5.71. The number of hydrogen-bond acceptors (Lipinski definition) is 7. The van der Waals surface area contributed by atoms with Gasteiger partial charge in [0.05, 0.1) is 18.6 Å². The zero-order chi connectivity index (χ0) is 16.3. The van der Waals surface area contributed by atoms with Crippen LogP contribution in [0.2, 0.25) is 0 Å². The van der Waals surface area contributed by atoms with Crippen LogP contribution >= 0.6 is 0 Å². The van der Waals surface area contributed by atoms with Crippen molar-refractivity contribution in [3.05, 3.63) is 21.3 Å². The van der Waals surface area contributed by atoms with Gasteiger partial charge in [-0.15, -0.1) is 0 Å². The molecular formula is C13H23NO7. The molecule has 8 heteroatoms. The molecule has 0 saturated carbocycles. The van der Waals surface area contributed by atoms with E-state index in [1.54, 1.807) is 13.8 Å². The Hall–Kier alpha value is -1.06. The third kappa shape index (κ3) is 3.98. The van der Waals surface area contributed by atoms with Crippen molar-refractivity contribution >= 4 is 0 Å². The van der Waals surface area contributed by atoms with Crippen LogP contribution in [0, 0.1) is 16.0 Å². The maximum Gasteiger partial charge on any atom is 0.222 e. The third-order valence-corrected chi connectivity index (χ3v) is 4.27. The lowest BCUT2D eigenvalue weighted by atomic mass is 9.76. The number of hydrogen-bond donors (Lipinski definition) is 5. The second kappa shape index (κ2) is 7.28. The molecule has 122 valence electrons. The summed E-state index contributed by atoms with van der Waals surface area (Å²) in [6, 6.07) is -1.06. The molecule has 0 aromatic heterocycles. The van der Waals surface area contributed by atoms with Crippen LogP contribution in [0.1, 0.15) is 26.7 Å². The molecule has 1 aliphatic rings. The maximum atomic E-state index is 11.1. The molecule has 0 fully saturated rings. The molecule has 0 aromatic rings. The Bertz CT molecular complexity index is 411. The molecule has 1 aliphatic carbocycles. The van der Waals surface area contributed by atoms with Crippen molar-refractivity contribution in [2.75, 3.05) is 6.61 Å². The third-order valence-electron chi connectivity index (χ3n) is 4.27. The highest BCUT2D eigenvalue weighted by Crippen LogP contribution is 2.34. The Kier molecular flexibility index (Phi) is 6.24. The zero-order valence-electron chi connectivity index (χ0n) is 12.1. The van der Waals surface area contributed by atoms with Crippen LogP contribution in [0.25, 0.3) is 0 Å². The topological polar surface area (TPSA) is 144 Å². The van der Waals surface area contributed by atoms with Gasteiger partial charge in [0.25, 0.3) is 0 Å². The van der Waals surface area contributed by atoms with Gasteiger partial charge < -0.3 is 25.5 Å². The van der Waals surface area contributed by atoms with E-state index in [1.165, 1.54) is 0 Å². The van der Waals surface area contributed by atoms with E-state index in [1.807, 2.05) is 0 Å². The number of nitrogens with zero attached hydrogens (tertiary/aromatic N) is 1. The number of nitro groups is 1. The molecule has 0 aliphatic heterocycles. The zero-order valence-corrected chi connectivity index (χ0v) is 12.1. The number of aliphatic hydroxyl groups excluding tert-OH is 5. The predicted octanol–water partition coefficient (Wildman–Crippen LogP) is -1.19. The van der Waals surface area contributed by atoms with Gasteiger partial charge in [-0.3, -0.25) is 10.1 Å². The number of allylic oxidation sites excluding steroid dienone is 1. The fourth-order valence-electron chi connectivity index (χ4n) is 2.67. The molecule has 0 heterocycles. The first-order valence-electron chi connectivity index (χ1n) is 6.82. The van der Waals surface area contributed by atoms with Crippen LogP contribution in [0.4, 0.5) is 0 Å². The molecule has 21 heavy (non-hydrogen) atoms. The number of rotatable bonds is 6. The van der Waals surface area contributed by atoms with E-state index in [4.69, 9.17) is 5.11 Å². The van der Waals surface area contributed by atoms with E-state index < -0.39 is 47.9 Å². The SMILES string of the molecule is CC1=C(C)C[C@H]([N+](=O)[O-])[C@H]([C@@H](O)[C@@H](O)[C@H](O)[C@H](O)CO)C1. The van der Waals surface area contributed by atoms with Crippen LogP contribution < -0.4 is 0 Å². The fraction of sp³-hybridized carbons (Fsp3) is 0.846. The van der Waals surface area contributed by atoms with Crippen molar-refractivity contribution in [1.82, 2.24) is 0 Å². The van der Waals surface area contributed by atoms with Crippen LogP contribution in [-0.4, -0.2) is 67.5 Å². The fourth-order valence-corrected chi connectivity index (χ4v) is 2.67. The van der Waals surface area contributed by atoms with E-state index in [2.05, 4.69) is 0 Å². The highest BCUT2D eigenvalue weighted by molar-refractivity contribution is 5.17. The first-order valence-corrected chi connectivity index (χ1v) is 6.82. The molecule has 0 unspecified atom stereocenters. The minimum Gasteiger partial charge on any atom is -0.394 e. The van der Waals surface area contributed by atoms with E-state index in [9.17, 15) is 30.5 Å². The van der Waals surface area contributed by atoms with Gasteiger partial charge in [0.1, 0.15) is 18.3 Å². The first kappa shape index (κ1) is 18.0. The van der Waals surface area contributed by atoms with Crippen molar-refractivity contribution in [1.29, 1.82) is 0 Å². The average Bonchev–Trinajstić information content (AvgIpc) is 2.46. The summed E-state index contributed by atoms with van der Waals surface area (Å²) in [5.41, 5.74) is 1.78. The Labute approximate surface area is 122 Å². The highest BCUT2D eigenvalue weighted by Gasteiger charge is 2.44.